The minimum absolute atomic E-state index is 0.0367. The summed E-state index contributed by atoms with van der Waals surface area (Å²) in [5.74, 6) is 1.21. The standard InChI is InChI=1S/C22H25F3N6O2/c1-4-5-33-21(32)30-10-16-18(11-30)31-13(3)27-9-19(31)29-20(16)28-8-14-6-15(26)7-17(12(14)2)22(23,24)25/h6-7,9H,4-5,8,10-11,26H2,1-3H3,(H,28,29). The molecule has 0 atom stereocenters. The van der Waals surface area contributed by atoms with Crippen LogP contribution in [0, 0.1) is 13.8 Å². The van der Waals surface area contributed by atoms with Crippen LogP contribution in [0.1, 0.15) is 47.1 Å². The Morgan fingerprint density at radius 3 is 2.73 bits per heavy atom. The predicted octanol–water partition coefficient (Wildman–Crippen LogP) is 4.42. The number of nitrogens with two attached hydrogens (primary N) is 1. The topological polar surface area (TPSA) is 97.8 Å². The second-order valence-corrected chi connectivity index (χ2v) is 8.06. The number of amides is 1. The van der Waals surface area contributed by atoms with Gasteiger partial charge >= 0.3 is 12.3 Å². The molecule has 4 rings (SSSR count). The van der Waals surface area contributed by atoms with Gasteiger partial charge < -0.3 is 15.8 Å². The van der Waals surface area contributed by atoms with Crippen LogP contribution in [0.15, 0.2) is 18.3 Å². The van der Waals surface area contributed by atoms with E-state index < -0.39 is 17.8 Å². The summed E-state index contributed by atoms with van der Waals surface area (Å²) in [7, 11) is 0. The number of nitrogens with one attached hydrogen (secondary N) is 1. The van der Waals surface area contributed by atoms with Crippen LogP contribution in [-0.4, -0.2) is 32.0 Å². The van der Waals surface area contributed by atoms with Crippen LogP contribution in [0.25, 0.3) is 5.65 Å². The van der Waals surface area contributed by atoms with Crippen molar-refractivity contribution >= 4 is 23.2 Å². The maximum Gasteiger partial charge on any atom is 0.416 e. The average Bonchev–Trinajstić information content (AvgIpc) is 3.35. The number of hydrogen-bond acceptors (Lipinski definition) is 6. The lowest BCUT2D eigenvalue weighted by Crippen LogP contribution is -2.26. The van der Waals surface area contributed by atoms with Gasteiger partial charge in [-0.25, -0.2) is 14.8 Å². The number of rotatable bonds is 5. The molecule has 0 spiro atoms. The number of nitrogens with zero attached hydrogens (tertiary/aromatic N) is 4. The third-order valence-electron chi connectivity index (χ3n) is 5.72. The number of aryl methyl sites for hydroxylation is 1. The second kappa shape index (κ2) is 8.45. The third kappa shape index (κ3) is 4.27. The smallest absolute Gasteiger partial charge is 0.416 e. The van der Waals surface area contributed by atoms with Crippen molar-refractivity contribution in [3.8, 4) is 0 Å². The first-order chi connectivity index (χ1) is 15.6. The summed E-state index contributed by atoms with van der Waals surface area (Å²) in [6, 6.07) is 2.46. The fourth-order valence-electron chi connectivity index (χ4n) is 4.07. The third-order valence-corrected chi connectivity index (χ3v) is 5.72. The molecule has 11 heteroatoms. The minimum atomic E-state index is -4.50. The Balaban J connectivity index is 1.67. The zero-order valence-electron chi connectivity index (χ0n) is 18.6. The summed E-state index contributed by atoms with van der Waals surface area (Å²) in [6.45, 7) is 6.18. The number of fused-ring (bicyclic) bond motifs is 3. The van der Waals surface area contributed by atoms with Crippen molar-refractivity contribution in [1.82, 2.24) is 19.3 Å². The molecule has 1 aliphatic heterocycles. The molecule has 3 N–H and O–H groups in total. The number of carbonyl (C=O) groups excluding carboxylic acids is 1. The van der Waals surface area contributed by atoms with E-state index in [0.29, 0.717) is 36.6 Å². The highest BCUT2D eigenvalue weighted by Crippen LogP contribution is 2.35. The maximum atomic E-state index is 13.4. The summed E-state index contributed by atoms with van der Waals surface area (Å²) < 4.78 is 47.3. The molecule has 1 amide bonds. The van der Waals surface area contributed by atoms with Gasteiger partial charge in [-0.3, -0.25) is 9.30 Å². The van der Waals surface area contributed by atoms with Crippen molar-refractivity contribution in [1.29, 1.82) is 0 Å². The fourth-order valence-corrected chi connectivity index (χ4v) is 4.07. The van der Waals surface area contributed by atoms with E-state index in [4.69, 9.17) is 10.5 Å². The lowest BCUT2D eigenvalue weighted by molar-refractivity contribution is -0.138. The van der Waals surface area contributed by atoms with Gasteiger partial charge in [-0.15, -0.1) is 0 Å². The summed E-state index contributed by atoms with van der Waals surface area (Å²) in [5, 5.41) is 3.16. The molecule has 0 radical (unpaired) electrons. The average molecular weight is 462 g/mol. The number of hydrogen-bond donors (Lipinski definition) is 2. The molecule has 0 unspecified atom stereocenters. The lowest BCUT2D eigenvalue weighted by Gasteiger charge is -2.17. The van der Waals surface area contributed by atoms with E-state index in [2.05, 4.69) is 15.3 Å². The number of carbonyl (C=O) groups is 1. The van der Waals surface area contributed by atoms with E-state index in [9.17, 15) is 18.0 Å². The Morgan fingerprint density at radius 1 is 1.27 bits per heavy atom. The van der Waals surface area contributed by atoms with Crippen LogP contribution in [0.3, 0.4) is 0 Å². The Hall–Kier alpha value is -3.50. The predicted molar refractivity (Wildman–Crippen MR) is 117 cm³/mol. The largest absolute Gasteiger partial charge is 0.449 e. The van der Waals surface area contributed by atoms with Crippen molar-refractivity contribution in [3.63, 3.8) is 0 Å². The molecule has 0 saturated heterocycles. The summed E-state index contributed by atoms with van der Waals surface area (Å²) in [5.41, 5.74) is 7.73. The Labute approximate surface area is 188 Å². The van der Waals surface area contributed by atoms with Crippen LogP contribution in [-0.2, 0) is 30.5 Å². The number of ether oxygens (including phenoxy) is 1. The highest BCUT2D eigenvalue weighted by atomic mass is 19.4. The van der Waals surface area contributed by atoms with Crippen LogP contribution < -0.4 is 11.1 Å². The highest BCUT2D eigenvalue weighted by Gasteiger charge is 2.34. The fraction of sp³-hybridized carbons (Fsp3) is 0.409. The molecule has 1 aliphatic rings. The van der Waals surface area contributed by atoms with E-state index in [-0.39, 0.29) is 24.3 Å². The zero-order chi connectivity index (χ0) is 23.9. The van der Waals surface area contributed by atoms with Gasteiger partial charge in [-0.05, 0) is 43.5 Å². The van der Waals surface area contributed by atoms with Crippen molar-refractivity contribution in [2.24, 2.45) is 0 Å². The van der Waals surface area contributed by atoms with E-state index in [1.165, 1.54) is 13.0 Å². The summed E-state index contributed by atoms with van der Waals surface area (Å²) >= 11 is 0. The SMILES string of the molecule is CCCOC(=O)N1Cc2c(NCc3cc(N)cc(C(F)(F)F)c3C)nc3cnc(C)n3c2C1. The maximum absolute atomic E-state index is 13.4. The molecule has 176 valence electrons. The van der Waals surface area contributed by atoms with Crippen LogP contribution in [0.2, 0.25) is 0 Å². The number of aromatic nitrogens is 3. The Kier molecular flexibility index (Phi) is 5.81. The van der Waals surface area contributed by atoms with Crippen molar-refractivity contribution < 1.29 is 22.7 Å². The molecule has 8 nitrogen and oxygen atoms in total. The highest BCUT2D eigenvalue weighted by molar-refractivity contribution is 5.70. The number of imidazole rings is 1. The van der Waals surface area contributed by atoms with Gasteiger partial charge in [0.2, 0.25) is 0 Å². The van der Waals surface area contributed by atoms with Crippen molar-refractivity contribution in [2.45, 2.75) is 53.0 Å². The number of alkyl halides is 3. The molecule has 2 aromatic heterocycles. The molecule has 0 saturated carbocycles. The van der Waals surface area contributed by atoms with Gasteiger partial charge in [0.1, 0.15) is 11.6 Å². The number of anilines is 2. The van der Waals surface area contributed by atoms with Crippen LogP contribution in [0.5, 0.6) is 0 Å². The molecule has 0 bridgehead atoms. The molecule has 3 aromatic rings. The zero-order valence-corrected chi connectivity index (χ0v) is 18.6. The summed E-state index contributed by atoms with van der Waals surface area (Å²) in [4.78, 5) is 23.0. The number of benzene rings is 1. The second-order valence-electron chi connectivity index (χ2n) is 8.06. The monoisotopic (exact) mass is 462 g/mol. The summed E-state index contributed by atoms with van der Waals surface area (Å²) in [6.07, 6.45) is -2.59. The van der Waals surface area contributed by atoms with E-state index in [0.717, 1.165) is 23.1 Å². The molecule has 1 aromatic carbocycles. The Morgan fingerprint density at radius 2 is 2.03 bits per heavy atom. The van der Waals surface area contributed by atoms with E-state index in [1.54, 1.807) is 11.1 Å². The molecular formula is C22H25F3N6O2. The van der Waals surface area contributed by atoms with Gasteiger partial charge in [0, 0.05) is 17.8 Å². The van der Waals surface area contributed by atoms with Crippen LogP contribution >= 0.6 is 0 Å². The van der Waals surface area contributed by atoms with Gasteiger partial charge in [0.15, 0.2) is 5.65 Å². The first kappa shape index (κ1) is 22.7. The van der Waals surface area contributed by atoms with Crippen molar-refractivity contribution in [3.05, 3.63) is 52.1 Å². The van der Waals surface area contributed by atoms with Crippen LogP contribution in [0.4, 0.5) is 29.5 Å². The molecule has 0 fully saturated rings. The van der Waals surface area contributed by atoms with Gasteiger partial charge in [0.05, 0.1) is 37.2 Å². The molecule has 3 heterocycles. The first-order valence-corrected chi connectivity index (χ1v) is 10.6. The molecular weight excluding hydrogens is 437 g/mol. The quantitative estimate of drug-likeness (QED) is 0.545. The van der Waals surface area contributed by atoms with Gasteiger partial charge in [-0.1, -0.05) is 6.92 Å². The van der Waals surface area contributed by atoms with Gasteiger partial charge in [-0.2, -0.15) is 13.2 Å². The number of halogens is 3. The van der Waals surface area contributed by atoms with E-state index in [1.807, 2.05) is 18.2 Å². The Bertz CT molecular complexity index is 1220. The van der Waals surface area contributed by atoms with E-state index >= 15 is 0 Å². The minimum Gasteiger partial charge on any atom is -0.449 e. The normalized spacial score (nSPS) is 13.5. The van der Waals surface area contributed by atoms with Crippen molar-refractivity contribution in [2.75, 3.05) is 17.7 Å². The van der Waals surface area contributed by atoms with Gasteiger partial charge in [0.25, 0.3) is 0 Å². The first-order valence-electron chi connectivity index (χ1n) is 10.6. The molecule has 0 aliphatic carbocycles. The number of nitrogen functional groups attached to an aromatic ring is 1. The lowest BCUT2D eigenvalue weighted by atomic mass is 10.0. The molecule has 33 heavy (non-hydrogen) atoms.